The first-order valence-corrected chi connectivity index (χ1v) is 11.5. The van der Waals surface area contributed by atoms with Gasteiger partial charge >= 0.3 is 0 Å². The van der Waals surface area contributed by atoms with E-state index in [1.807, 2.05) is 12.1 Å². The number of hydroxylamine groups is 1. The summed E-state index contributed by atoms with van der Waals surface area (Å²) in [5, 5.41) is 8.52. The Morgan fingerprint density at radius 3 is 2.50 bits per heavy atom. The standard InChI is InChI=1S/C23H23N3O5S/c27-23(24-28)9-4-18-10-11-26(17-18)32(29,30)22-7-5-19(6-8-22)20-2-1-3-21(16-20)25-12-14-31-15-13-25/h1-11,16-17,28H,12-15H2,(H,24,27)/b9-4+. The largest absolute Gasteiger partial charge is 0.378 e. The summed E-state index contributed by atoms with van der Waals surface area (Å²) in [6.07, 6.45) is 5.32. The van der Waals surface area contributed by atoms with E-state index < -0.39 is 15.9 Å². The van der Waals surface area contributed by atoms with Gasteiger partial charge in [0.2, 0.25) is 0 Å². The van der Waals surface area contributed by atoms with Gasteiger partial charge in [-0.1, -0.05) is 24.3 Å². The molecule has 0 spiro atoms. The highest BCUT2D eigenvalue weighted by Crippen LogP contribution is 2.27. The van der Waals surface area contributed by atoms with Gasteiger partial charge in [0.25, 0.3) is 15.9 Å². The average Bonchev–Trinajstić information content (AvgIpc) is 3.33. The number of carbonyl (C=O) groups is 1. The summed E-state index contributed by atoms with van der Waals surface area (Å²) >= 11 is 0. The molecule has 1 aliphatic heterocycles. The van der Waals surface area contributed by atoms with Gasteiger partial charge in [0.05, 0.1) is 18.1 Å². The average molecular weight is 454 g/mol. The van der Waals surface area contributed by atoms with Crippen molar-refractivity contribution in [3.63, 3.8) is 0 Å². The number of nitrogens with zero attached hydrogens (tertiary/aromatic N) is 2. The van der Waals surface area contributed by atoms with Gasteiger partial charge in [-0.3, -0.25) is 10.0 Å². The molecule has 0 saturated carbocycles. The summed E-state index contributed by atoms with van der Waals surface area (Å²) in [6.45, 7) is 3.11. The SMILES string of the molecule is O=C(/C=C/c1ccn(S(=O)(=O)c2ccc(-c3cccc(N4CCOCC4)c3)cc2)c1)NO. The molecule has 0 bridgehead atoms. The van der Waals surface area contributed by atoms with Crippen LogP contribution >= 0.6 is 0 Å². The second kappa shape index (κ2) is 9.39. The number of aromatic nitrogens is 1. The van der Waals surface area contributed by atoms with E-state index in [0.717, 1.165) is 40.0 Å². The zero-order valence-corrected chi connectivity index (χ0v) is 18.0. The Balaban J connectivity index is 1.54. The van der Waals surface area contributed by atoms with Crippen LogP contribution in [0.2, 0.25) is 0 Å². The number of benzene rings is 2. The van der Waals surface area contributed by atoms with Crippen LogP contribution in [-0.4, -0.2) is 49.8 Å². The van der Waals surface area contributed by atoms with E-state index >= 15 is 0 Å². The maximum atomic E-state index is 13.0. The minimum atomic E-state index is -3.78. The molecule has 166 valence electrons. The van der Waals surface area contributed by atoms with E-state index in [1.165, 1.54) is 23.9 Å². The molecule has 0 aliphatic carbocycles. The van der Waals surface area contributed by atoms with Crippen molar-refractivity contribution in [3.8, 4) is 11.1 Å². The third-order valence-electron chi connectivity index (χ3n) is 5.21. The minimum Gasteiger partial charge on any atom is -0.378 e. The molecule has 2 aromatic carbocycles. The normalized spacial score (nSPS) is 14.6. The van der Waals surface area contributed by atoms with Crippen molar-refractivity contribution >= 4 is 27.7 Å². The lowest BCUT2D eigenvalue weighted by Gasteiger charge is -2.29. The minimum absolute atomic E-state index is 0.157. The number of carbonyl (C=O) groups excluding carboxylic acids is 1. The summed E-state index contributed by atoms with van der Waals surface area (Å²) < 4.78 is 32.4. The van der Waals surface area contributed by atoms with Gasteiger partial charge in [-0.15, -0.1) is 0 Å². The van der Waals surface area contributed by atoms with E-state index in [-0.39, 0.29) is 4.90 Å². The number of nitrogens with one attached hydrogen (secondary N) is 1. The Bertz CT molecular complexity index is 1230. The Morgan fingerprint density at radius 2 is 1.78 bits per heavy atom. The van der Waals surface area contributed by atoms with Crippen LogP contribution in [-0.2, 0) is 19.6 Å². The molecule has 1 amide bonds. The Kier molecular flexibility index (Phi) is 6.40. The maximum absolute atomic E-state index is 13.0. The smallest absolute Gasteiger partial charge is 0.267 e. The molecule has 32 heavy (non-hydrogen) atoms. The monoisotopic (exact) mass is 453 g/mol. The summed E-state index contributed by atoms with van der Waals surface area (Å²) in [5.74, 6) is -0.700. The molecular formula is C23H23N3O5S. The number of rotatable bonds is 6. The molecule has 1 fully saturated rings. The van der Waals surface area contributed by atoms with E-state index in [0.29, 0.717) is 18.8 Å². The summed E-state index contributed by atoms with van der Waals surface area (Å²) in [5.41, 5.74) is 5.03. The summed E-state index contributed by atoms with van der Waals surface area (Å²) in [6, 6.07) is 16.5. The van der Waals surface area contributed by atoms with E-state index in [1.54, 1.807) is 30.3 Å². The van der Waals surface area contributed by atoms with Crippen molar-refractivity contribution in [1.82, 2.24) is 9.45 Å². The first-order valence-electron chi connectivity index (χ1n) is 10.1. The molecule has 0 radical (unpaired) electrons. The van der Waals surface area contributed by atoms with Crippen molar-refractivity contribution in [2.45, 2.75) is 4.90 Å². The van der Waals surface area contributed by atoms with Gasteiger partial charge in [-0.05, 0) is 53.1 Å². The first-order chi connectivity index (χ1) is 15.5. The number of ether oxygens (including phenoxy) is 1. The highest BCUT2D eigenvalue weighted by molar-refractivity contribution is 7.90. The van der Waals surface area contributed by atoms with Crippen LogP contribution in [0.1, 0.15) is 5.56 Å². The number of hydrogen-bond donors (Lipinski definition) is 2. The molecule has 0 unspecified atom stereocenters. The van der Waals surface area contributed by atoms with Crippen molar-refractivity contribution in [1.29, 1.82) is 0 Å². The molecule has 3 aromatic rings. The molecule has 1 saturated heterocycles. The Labute approximate surface area is 186 Å². The third-order valence-corrected chi connectivity index (χ3v) is 6.86. The summed E-state index contributed by atoms with van der Waals surface area (Å²) in [4.78, 5) is 13.5. The van der Waals surface area contributed by atoms with Crippen LogP contribution in [0.3, 0.4) is 0 Å². The molecule has 4 rings (SSSR count). The number of amides is 1. The van der Waals surface area contributed by atoms with Crippen LogP contribution in [0.5, 0.6) is 0 Å². The second-order valence-electron chi connectivity index (χ2n) is 7.26. The fourth-order valence-corrected chi connectivity index (χ4v) is 4.70. The molecule has 1 aromatic heterocycles. The first kappa shape index (κ1) is 21.8. The van der Waals surface area contributed by atoms with Gasteiger partial charge in [0.15, 0.2) is 0 Å². The van der Waals surface area contributed by atoms with Crippen LogP contribution in [0, 0.1) is 0 Å². The van der Waals surface area contributed by atoms with Crippen LogP contribution in [0.4, 0.5) is 5.69 Å². The fourth-order valence-electron chi connectivity index (χ4n) is 3.49. The molecule has 0 atom stereocenters. The lowest BCUT2D eigenvalue weighted by atomic mass is 10.0. The second-order valence-corrected chi connectivity index (χ2v) is 9.11. The van der Waals surface area contributed by atoms with Gasteiger partial charge in [-0.25, -0.2) is 17.9 Å². The lowest BCUT2D eigenvalue weighted by Crippen LogP contribution is -2.36. The number of hydrogen-bond acceptors (Lipinski definition) is 6. The van der Waals surface area contributed by atoms with E-state index in [4.69, 9.17) is 9.94 Å². The topological polar surface area (TPSA) is 101 Å². The molecule has 2 heterocycles. The van der Waals surface area contributed by atoms with Gasteiger partial charge < -0.3 is 9.64 Å². The molecule has 2 N–H and O–H groups in total. The van der Waals surface area contributed by atoms with E-state index in [2.05, 4.69) is 17.0 Å². The van der Waals surface area contributed by atoms with Crippen molar-refractivity contribution < 1.29 is 23.2 Å². The van der Waals surface area contributed by atoms with E-state index in [9.17, 15) is 13.2 Å². The predicted octanol–water partition coefficient (Wildman–Crippen LogP) is 2.75. The third kappa shape index (κ3) is 4.75. The molecule has 8 nitrogen and oxygen atoms in total. The van der Waals surface area contributed by atoms with Gasteiger partial charge in [-0.2, -0.15) is 0 Å². The summed E-state index contributed by atoms with van der Waals surface area (Å²) in [7, 11) is -3.78. The van der Waals surface area contributed by atoms with Crippen LogP contribution < -0.4 is 10.4 Å². The van der Waals surface area contributed by atoms with Gasteiger partial charge in [0, 0.05) is 37.2 Å². The zero-order valence-electron chi connectivity index (χ0n) is 17.2. The van der Waals surface area contributed by atoms with Crippen molar-refractivity contribution in [2.24, 2.45) is 0 Å². The number of anilines is 1. The highest BCUT2D eigenvalue weighted by Gasteiger charge is 2.17. The molecule has 9 heteroatoms. The van der Waals surface area contributed by atoms with Gasteiger partial charge in [0.1, 0.15) is 0 Å². The van der Waals surface area contributed by atoms with Crippen molar-refractivity contribution in [2.75, 3.05) is 31.2 Å². The predicted molar refractivity (Wildman–Crippen MR) is 121 cm³/mol. The highest BCUT2D eigenvalue weighted by atomic mass is 32.2. The van der Waals surface area contributed by atoms with Crippen molar-refractivity contribution in [3.05, 3.63) is 78.6 Å². The lowest BCUT2D eigenvalue weighted by molar-refractivity contribution is -0.124. The molecular weight excluding hydrogens is 430 g/mol. The van der Waals surface area contributed by atoms with Crippen LogP contribution in [0.15, 0.2) is 78.0 Å². The Hall–Kier alpha value is -3.40. The zero-order chi connectivity index (χ0) is 22.6. The Morgan fingerprint density at radius 1 is 1.03 bits per heavy atom. The molecule has 1 aliphatic rings. The van der Waals surface area contributed by atoms with Crippen LogP contribution in [0.25, 0.3) is 17.2 Å². The number of morpholine rings is 1. The maximum Gasteiger partial charge on any atom is 0.267 e. The quantitative estimate of drug-likeness (QED) is 0.338. The fraction of sp³-hybridized carbons (Fsp3) is 0.174.